The van der Waals surface area contributed by atoms with E-state index in [0.29, 0.717) is 22.3 Å². The summed E-state index contributed by atoms with van der Waals surface area (Å²) in [6.45, 7) is 2.52. The van der Waals surface area contributed by atoms with Crippen molar-refractivity contribution in [2.75, 3.05) is 17.2 Å². The number of benzene rings is 1. The van der Waals surface area contributed by atoms with Crippen molar-refractivity contribution in [2.45, 2.75) is 13.3 Å². The molecule has 116 valence electrons. The molecule has 9 heteroatoms. The van der Waals surface area contributed by atoms with Crippen LogP contribution in [0.5, 0.6) is 0 Å². The second-order valence-corrected chi connectivity index (χ2v) is 5.20. The summed E-state index contributed by atoms with van der Waals surface area (Å²) in [5.74, 6) is 0.220. The fraction of sp³-hybridized carbons (Fsp3) is 0.231. The molecule has 0 bridgehead atoms. The molecule has 1 aromatic heterocycles. The summed E-state index contributed by atoms with van der Waals surface area (Å²) in [5, 5.41) is 17.9. The predicted molar refractivity (Wildman–Crippen MR) is 87.2 cm³/mol. The second-order valence-electron chi connectivity index (χ2n) is 4.35. The average molecular weight is 342 g/mol. The first-order valence-electron chi connectivity index (χ1n) is 6.48. The molecule has 0 fully saturated rings. The lowest BCUT2D eigenvalue weighted by molar-refractivity contribution is -0.383. The summed E-state index contributed by atoms with van der Waals surface area (Å²) in [7, 11) is 0. The third-order valence-electron chi connectivity index (χ3n) is 2.73. The number of nitro groups is 1. The Bertz CT molecular complexity index is 696. The maximum absolute atomic E-state index is 11.3. The van der Waals surface area contributed by atoms with E-state index in [-0.39, 0.29) is 17.3 Å². The van der Waals surface area contributed by atoms with Crippen LogP contribution in [0.3, 0.4) is 0 Å². The smallest absolute Gasteiger partial charge is 0.353 e. The van der Waals surface area contributed by atoms with E-state index in [1.807, 2.05) is 6.92 Å². The van der Waals surface area contributed by atoms with Crippen LogP contribution in [0.15, 0.2) is 24.5 Å². The van der Waals surface area contributed by atoms with E-state index in [1.54, 1.807) is 12.1 Å². The lowest BCUT2D eigenvalue weighted by Crippen LogP contribution is -2.08. The maximum atomic E-state index is 11.3. The molecular weight excluding hydrogens is 329 g/mol. The van der Waals surface area contributed by atoms with Gasteiger partial charge in [0, 0.05) is 11.6 Å². The number of rotatable bonds is 6. The van der Waals surface area contributed by atoms with Gasteiger partial charge in [0.2, 0.25) is 11.6 Å². The molecule has 0 unspecified atom stereocenters. The van der Waals surface area contributed by atoms with Crippen LogP contribution in [-0.2, 0) is 0 Å². The van der Waals surface area contributed by atoms with Gasteiger partial charge in [0.05, 0.1) is 15.6 Å². The van der Waals surface area contributed by atoms with Crippen molar-refractivity contribution in [1.29, 1.82) is 0 Å². The summed E-state index contributed by atoms with van der Waals surface area (Å²) in [6.07, 6.45) is 2.06. The minimum Gasteiger partial charge on any atom is -0.364 e. The molecule has 0 atom stereocenters. The molecule has 2 aromatic rings. The number of halogens is 2. The molecule has 0 saturated heterocycles. The number of hydrogen-bond acceptors (Lipinski definition) is 6. The van der Waals surface area contributed by atoms with Crippen LogP contribution < -0.4 is 10.6 Å². The topological polar surface area (TPSA) is 93.0 Å². The van der Waals surface area contributed by atoms with Crippen LogP contribution in [0.1, 0.15) is 13.3 Å². The molecule has 2 rings (SSSR count). The third kappa shape index (κ3) is 3.75. The maximum Gasteiger partial charge on any atom is 0.353 e. The number of hydrogen-bond donors (Lipinski definition) is 2. The van der Waals surface area contributed by atoms with E-state index in [4.69, 9.17) is 23.2 Å². The van der Waals surface area contributed by atoms with Crippen molar-refractivity contribution in [2.24, 2.45) is 0 Å². The number of nitrogens with one attached hydrogen (secondary N) is 2. The minimum absolute atomic E-state index is 0.0582. The summed E-state index contributed by atoms with van der Waals surface area (Å²) >= 11 is 11.9. The third-order valence-corrected chi connectivity index (χ3v) is 3.28. The van der Waals surface area contributed by atoms with Gasteiger partial charge in [-0.05, 0) is 24.6 Å². The Balaban J connectivity index is 2.39. The SMILES string of the molecule is CCCNc1ncnc(Nc2ccc(Cl)cc2Cl)c1[N+](=O)[O-]. The minimum atomic E-state index is -0.538. The van der Waals surface area contributed by atoms with Gasteiger partial charge in [0.1, 0.15) is 6.33 Å². The highest BCUT2D eigenvalue weighted by molar-refractivity contribution is 6.36. The largest absolute Gasteiger partial charge is 0.364 e. The average Bonchev–Trinajstić information content (AvgIpc) is 2.47. The van der Waals surface area contributed by atoms with Crippen LogP contribution in [0.25, 0.3) is 0 Å². The van der Waals surface area contributed by atoms with Gasteiger partial charge in [-0.15, -0.1) is 0 Å². The van der Waals surface area contributed by atoms with Crippen molar-refractivity contribution < 1.29 is 4.92 Å². The van der Waals surface area contributed by atoms with Gasteiger partial charge in [-0.3, -0.25) is 10.1 Å². The Hall–Kier alpha value is -2.12. The molecule has 7 nitrogen and oxygen atoms in total. The molecule has 0 spiro atoms. The Morgan fingerprint density at radius 1 is 1.27 bits per heavy atom. The standard InChI is InChI=1S/C13H13Cl2N5O2/c1-2-5-16-12-11(20(21)22)13(18-7-17-12)19-10-4-3-8(14)6-9(10)15/h3-4,6-7H,2,5H2,1H3,(H2,16,17,18,19). The van der Waals surface area contributed by atoms with Gasteiger partial charge < -0.3 is 10.6 Å². The molecule has 0 aliphatic carbocycles. The van der Waals surface area contributed by atoms with E-state index in [2.05, 4.69) is 20.6 Å². The van der Waals surface area contributed by atoms with Gasteiger partial charge in [-0.1, -0.05) is 30.1 Å². The Kier molecular flexibility index (Phi) is 5.35. The van der Waals surface area contributed by atoms with Crippen molar-refractivity contribution in [1.82, 2.24) is 9.97 Å². The predicted octanol–water partition coefficient (Wildman–Crippen LogP) is 4.26. The highest BCUT2D eigenvalue weighted by atomic mass is 35.5. The molecular formula is C13H13Cl2N5O2. The zero-order valence-electron chi connectivity index (χ0n) is 11.6. The monoisotopic (exact) mass is 341 g/mol. The van der Waals surface area contributed by atoms with E-state index < -0.39 is 4.92 Å². The molecule has 0 amide bonds. The van der Waals surface area contributed by atoms with Crippen LogP contribution in [0.2, 0.25) is 10.0 Å². The van der Waals surface area contributed by atoms with Crippen LogP contribution in [-0.4, -0.2) is 21.4 Å². The molecule has 0 aliphatic heterocycles. The zero-order chi connectivity index (χ0) is 16.1. The van der Waals surface area contributed by atoms with E-state index in [9.17, 15) is 10.1 Å². The summed E-state index contributed by atoms with van der Waals surface area (Å²) in [5.41, 5.74) is 0.233. The normalized spacial score (nSPS) is 10.3. The van der Waals surface area contributed by atoms with Crippen LogP contribution in [0.4, 0.5) is 23.0 Å². The summed E-state index contributed by atoms with van der Waals surface area (Å²) in [4.78, 5) is 18.6. The van der Waals surface area contributed by atoms with Crippen LogP contribution >= 0.6 is 23.2 Å². The van der Waals surface area contributed by atoms with Crippen molar-refractivity contribution in [3.8, 4) is 0 Å². The fourth-order valence-electron chi connectivity index (χ4n) is 1.73. The molecule has 0 radical (unpaired) electrons. The van der Waals surface area contributed by atoms with Crippen molar-refractivity contribution >= 4 is 46.2 Å². The van der Waals surface area contributed by atoms with Gasteiger partial charge >= 0.3 is 5.69 Å². The number of anilines is 3. The molecule has 22 heavy (non-hydrogen) atoms. The Labute approximate surface area is 136 Å². The van der Waals surface area contributed by atoms with E-state index >= 15 is 0 Å². The van der Waals surface area contributed by atoms with Crippen LogP contribution in [0, 0.1) is 10.1 Å². The Morgan fingerprint density at radius 3 is 2.64 bits per heavy atom. The quantitative estimate of drug-likeness (QED) is 0.602. The molecule has 0 saturated carbocycles. The van der Waals surface area contributed by atoms with Gasteiger partial charge in [-0.25, -0.2) is 9.97 Å². The lowest BCUT2D eigenvalue weighted by atomic mass is 10.3. The first-order valence-corrected chi connectivity index (χ1v) is 7.23. The second kappa shape index (κ2) is 7.24. The first kappa shape index (κ1) is 16.3. The van der Waals surface area contributed by atoms with Crippen molar-refractivity contribution in [3.05, 3.63) is 44.7 Å². The first-order chi connectivity index (χ1) is 10.5. The van der Waals surface area contributed by atoms with Gasteiger partial charge in [0.25, 0.3) is 0 Å². The van der Waals surface area contributed by atoms with Gasteiger partial charge in [-0.2, -0.15) is 0 Å². The molecule has 2 N–H and O–H groups in total. The number of aromatic nitrogens is 2. The zero-order valence-corrected chi connectivity index (χ0v) is 13.1. The molecule has 0 aliphatic rings. The highest BCUT2D eigenvalue weighted by Gasteiger charge is 2.23. The molecule has 1 aromatic carbocycles. The van der Waals surface area contributed by atoms with Crippen molar-refractivity contribution in [3.63, 3.8) is 0 Å². The summed E-state index contributed by atoms with van der Waals surface area (Å²) < 4.78 is 0. The summed E-state index contributed by atoms with van der Waals surface area (Å²) in [6, 6.07) is 4.78. The molecule has 1 heterocycles. The van der Waals surface area contributed by atoms with E-state index in [0.717, 1.165) is 6.42 Å². The highest BCUT2D eigenvalue weighted by Crippen LogP contribution is 2.34. The Morgan fingerprint density at radius 2 is 2.00 bits per heavy atom. The van der Waals surface area contributed by atoms with E-state index in [1.165, 1.54) is 12.4 Å². The number of nitrogens with zero attached hydrogens (tertiary/aromatic N) is 3. The lowest BCUT2D eigenvalue weighted by Gasteiger charge is -2.10. The van der Waals surface area contributed by atoms with Gasteiger partial charge in [0.15, 0.2) is 0 Å². The fourth-order valence-corrected chi connectivity index (χ4v) is 2.19.